The van der Waals surface area contributed by atoms with Gasteiger partial charge in [-0.15, -0.1) is 0 Å². The number of carbonyl (C=O) groups excluding carboxylic acids is 4. The molecule has 0 fully saturated rings. The highest BCUT2D eigenvalue weighted by atomic mass is 16.6. The van der Waals surface area contributed by atoms with Crippen molar-refractivity contribution in [3.05, 3.63) is 83.4 Å². The van der Waals surface area contributed by atoms with E-state index in [-0.39, 0.29) is 68.9 Å². The van der Waals surface area contributed by atoms with Crippen molar-refractivity contribution in [3.63, 3.8) is 0 Å². The second kappa shape index (κ2) is 16.8. The Labute approximate surface area is 216 Å². The van der Waals surface area contributed by atoms with Crippen molar-refractivity contribution in [2.75, 3.05) is 46.2 Å². The zero-order valence-corrected chi connectivity index (χ0v) is 20.9. The Bertz CT molecular complexity index is 1050. The second-order valence-corrected chi connectivity index (χ2v) is 7.84. The van der Waals surface area contributed by atoms with E-state index in [4.69, 9.17) is 23.7 Å². The molecule has 0 heterocycles. The maximum absolute atomic E-state index is 12.7. The van der Waals surface area contributed by atoms with E-state index in [9.17, 15) is 19.2 Å². The molecule has 0 radical (unpaired) electrons. The van der Waals surface area contributed by atoms with E-state index in [1.54, 1.807) is 55.5 Å². The summed E-state index contributed by atoms with van der Waals surface area (Å²) in [5.41, 5.74) is 1.26. The third-order valence-electron chi connectivity index (χ3n) is 4.86. The lowest BCUT2D eigenvalue weighted by atomic mass is 9.98. The second-order valence-electron chi connectivity index (χ2n) is 7.84. The van der Waals surface area contributed by atoms with Crippen LogP contribution in [-0.2, 0) is 33.3 Å². The van der Waals surface area contributed by atoms with E-state index in [0.29, 0.717) is 24.2 Å². The Kier molecular flexibility index (Phi) is 13.3. The van der Waals surface area contributed by atoms with Crippen molar-refractivity contribution in [1.82, 2.24) is 0 Å². The molecule has 0 amide bonds. The van der Waals surface area contributed by atoms with Gasteiger partial charge >= 0.3 is 17.9 Å². The van der Waals surface area contributed by atoms with Crippen molar-refractivity contribution in [2.24, 2.45) is 0 Å². The first-order chi connectivity index (χ1) is 17.9. The Morgan fingerprint density at radius 1 is 0.676 bits per heavy atom. The molecule has 198 valence electrons. The number of ether oxygens (including phenoxy) is 5. The van der Waals surface area contributed by atoms with E-state index in [1.165, 1.54) is 0 Å². The van der Waals surface area contributed by atoms with Crippen molar-refractivity contribution in [1.29, 1.82) is 0 Å². The van der Waals surface area contributed by atoms with Gasteiger partial charge < -0.3 is 23.7 Å². The lowest BCUT2D eigenvalue weighted by Gasteiger charge is -2.10. The summed E-state index contributed by atoms with van der Waals surface area (Å²) in [6.45, 7) is 6.06. The van der Waals surface area contributed by atoms with Crippen LogP contribution in [0, 0.1) is 0 Å². The summed E-state index contributed by atoms with van der Waals surface area (Å²) >= 11 is 0. The highest BCUT2D eigenvalue weighted by Gasteiger charge is 2.18. The van der Waals surface area contributed by atoms with Crippen LogP contribution in [0.3, 0.4) is 0 Å². The topological polar surface area (TPSA) is 114 Å². The molecule has 0 aliphatic rings. The third-order valence-corrected chi connectivity index (χ3v) is 4.86. The van der Waals surface area contributed by atoms with Crippen LogP contribution in [0.1, 0.15) is 46.0 Å². The summed E-state index contributed by atoms with van der Waals surface area (Å²) in [6, 6.07) is 15.2. The smallest absolute Gasteiger partial charge is 0.338 e. The number of ketones is 1. The van der Waals surface area contributed by atoms with Gasteiger partial charge in [-0.3, -0.25) is 9.59 Å². The first-order valence-electron chi connectivity index (χ1n) is 11.9. The molecular weight excluding hydrogens is 480 g/mol. The monoisotopic (exact) mass is 512 g/mol. The Hall–Kier alpha value is -3.82. The summed E-state index contributed by atoms with van der Waals surface area (Å²) < 4.78 is 25.8. The van der Waals surface area contributed by atoms with Gasteiger partial charge in [0.25, 0.3) is 0 Å². The van der Waals surface area contributed by atoms with Gasteiger partial charge in [0.05, 0.1) is 25.4 Å². The van der Waals surface area contributed by atoms with Crippen LogP contribution in [0.25, 0.3) is 0 Å². The van der Waals surface area contributed by atoms with Crippen molar-refractivity contribution in [2.45, 2.75) is 19.8 Å². The number of esters is 3. The quantitative estimate of drug-likeness (QED) is 0.103. The maximum Gasteiger partial charge on any atom is 0.338 e. The molecule has 0 aliphatic heterocycles. The minimum atomic E-state index is -0.619. The van der Waals surface area contributed by atoms with Gasteiger partial charge in [-0.2, -0.15) is 0 Å². The predicted molar refractivity (Wildman–Crippen MR) is 134 cm³/mol. The molecule has 0 spiro atoms. The van der Waals surface area contributed by atoms with Crippen molar-refractivity contribution < 1.29 is 42.9 Å². The van der Waals surface area contributed by atoms with Crippen molar-refractivity contribution in [3.8, 4) is 0 Å². The van der Waals surface area contributed by atoms with Gasteiger partial charge in [-0.1, -0.05) is 55.1 Å². The number of benzene rings is 2. The predicted octanol–water partition coefficient (Wildman–Crippen LogP) is 3.55. The van der Waals surface area contributed by atoms with Crippen LogP contribution < -0.4 is 0 Å². The first kappa shape index (κ1) is 29.4. The van der Waals surface area contributed by atoms with E-state index in [2.05, 4.69) is 6.58 Å². The van der Waals surface area contributed by atoms with Gasteiger partial charge in [0, 0.05) is 29.7 Å². The van der Waals surface area contributed by atoms with Crippen LogP contribution in [-0.4, -0.2) is 69.9 Å². The zero-order chi connectivity index (χ0) is 26.9. The lowest BCUT2D eigenvalue weighted by Crippen LogP contribution is -2.17. The standard InChI is InChI=1S/C28H32O9/c1-21(2)27(31)36-19-16-33-14-8-13-25(29)35-18-15-34-17-20-37-28(32)24-12-7-6-11-23(24)26(30)22-9-4-3-5-10-22/h3-7,9-12H,1,8,13-20H2,2H3. The Morgan fingerprint density at radius 2 is 1.24 bits per heavy atom. The summed E-state index contributed by atoms with van der Waals surface area (Å²) in [5.74, 6) is -1.73. The molecule has 9 heteroatoms. The average molecular weight is 513 g/mol. The van der Waals surface area contributed by atoms with Crippen molar-refractivity contribution >= 4 is 23.7 Å². The highest BCUT2D eigenvalue weighted by molar-refractivity contribution is 6.14. The van der Waals surface area contributed by atoms with E-state index < -0.39 is 11.9 Å². The summed E-state index contributed by atoms with van der Waals surface area (Å²) in [6.07, 6.45) is 0.655. The number of hydrogen-bond acceptors (Lipinski definition) is 9. The molecule has 0 saturated carbocycles. The molecule has 2 aromatic carbocycles. The summed E-state index contributed by atoms with van der Waals surface area (Å²) in [7, 11) is 0. The molecule has 0 aliphatic carbocycles. The molecule has 0 bridgehead atoms. The maximum atomic E-state index is 12.7. The number of hydrogen-bond donors (Lipinski definition) is 0. The van der Waals surface area contributed by atoms with Gasteiger partial charge in [0.2, 0.25) is 0 Å². The highest BCUT2D eigenvalue weighted by Crippen LogP contribution is 2.15. The Morgan fingerprint density at radius 3 is 1.92 bits per heavy atom. The SMILES string of the molecule is C=C(C)C(=O)OCCOCCCC(=O)OCCOCCOC(=O)c1ccccc1C(=O)c1ccccc1. The van der Waals surface area contributed by atoms with Gasteiger partial charge in [-0.05, 0) is 19.4 Å². The van der Waals surface area contributed by atoms with E-state index >= 15 is 0 Å². The lowest BCUT2D eigenvalue weighted by molar-refractivity contribution is -0.145. The van der Waals surface area contributed by atoms with Gasteiger partial charge in [0.1, 0.15) is 19.8 Å². The minimum absolute atomic E-state index is 0.0142. The number of carbonyl (C=O) groups is 4. The first-order valence-corrected chi connectivity index (χ1v) is 11.9. The minimum Gasteiger partial charge on any atom is -0.463 e. The van der Waals surface area contributed by atoms with Crippen LogP contribution in [0.4, 0.5) is 0 Å². The fraction of sp³-hybridized carbons (Fsp3) is 0.357. The summed E-state index contributed by atoms with van der Waals surface area (Å²) in [5, 5.41) is 0. The molecule has 0 N–H and O–H groups in total. The number of rotatable bonds is 17. The molecule has 2 aromatic rings. The molecule has 9 nitrogen and oxygen atoms in total. The molecule has 37 heavy (non-hydrogen) atoms. The van der Waals surface area contributed by atoms with Crippen LogP contribution in [0.5, 0.6) is 0 Å². The van der Waals surface area contributed by atoms with Gasteiger partial charge in [-0.25, -0.2) is 9.59 Å². The molecule has 0 saturated heterocycles. The largest absolute Gasteiger partial charge is 0.463 e. The van der Waals surface area contributed by atoms with Crippen LogP contribution in [0.15, 0.2) is 66.7 Å². The Balaban J connectivity index is 1.54. The summed E-state index contributed by atoms with van der Waals surface area (Å²) in [4.78, 5) is 48.1. The molecule has 0 aromatic heterocycles. The van der Waals surface area contributed by atoms with Gasteiger partial charge in [0.15, 0.2) is 5.78 Å². The fourth-order valence-corrected chi connectivity index (χ4v) is 3.00. The molecule has 0 atom stereocenters. The molecule has 0 unspecified atom stereocenters. The normalized spacial score (nSPS) is 10.4. The van der Waals surface area contributed by atoms with E-state index in [0.717, 1.165) is 0 Å². The molecular formula is C28H32O9. The van der Waals surface area contributed by atoms with Crippen LogP contribution >= 0.6 is 0 Å². The van der Waals surface area contributed by atoms with E-state index in [1.807, 2.05) is 6.07 Å². The average Bonchev–Trinajstić information content (AvgIpc) is 2.91. The zero-order valence-electron chi connectivity index (χ0n) is 20.9. The fourth-order valence-electron chi connectivity index (χ4n) is 3.00. The van der Waals surface area contributed by atoms with Crippen LogP contribution in [0.2, 0.25) is 0 Å². The molecule has 2 rings (SSSR count). The third kappa shape index (κ3) is 11.2.